The van der Waals surface area contributed by atoms with Crippen molar-refractivity contribution >= 4 is 35.0 Å². The molecule has 0 aliphatic carbocycles. The molecular weight excluding hydrogens is 418 g/mol. The molecule has 3 aromatic carbocycles. The normalized spacial score (nSPS) is 12.8. The van der Waals surface area contributed by atoms with Crippen molar-refractivity contribution < 1.29 is 14.4 Å². The first kappa shape index (κ1) is 21.9. The van der Waals surface area contributed by atoms with Gasteiger partial charge in [0.15, 0.2) is 0 Å². The van der Waals surface area contributed by atoms with Crippen molar-refractivity contribution in [1.29, 1.82) is 0 Å². The Morgan fingerprint density at radius 1 is 0.939 bits per heavy atom. The number of benzene rings is 3. The van der Waals surface area contributed by atoms with Gasteiger partial charge >= 0.3 is 12.1 Å². The van der Waals surface area contributed by atoms with Crippen LogP contribution in [0.25, 0.3) is 0 Å². The van der Waals surface area contributed by atoms with E-state index in [0.29, 0.717) is 42.3 Å². The summed E-state index contributed by atoms with van der Waals surface area (Å²) in [4.78, 5) is 38.4. The number of carbonyl (C=O) groups is 3. The summed E-state index contributed by atoms with van der Waals surface area (Å²) in [7, 11) is 0. The van der Waals surface area contributed by atoms with Crippen LogP contribution in [0.4, 0.5) is 26.7 Å². The van der Waals surface area contributed by atoms with Gasteiger partial charge in [-0.25, -0.2) is 9.59 Å². The molecule has 8 heteroatoms. The van der Waals surface area contributed by atoms with Gasteiger partial charge in [0.1, 0.15) is 0 Å². The molecule has 4 N–H and O–H groups in total. The first-order valence-electron chi connectivity index (χ1n) is 10.7. The molecule has 0 saturated carbocycles. The van der Waals surface area contributed by atoms with Crippen molar-refractivity contribution in [3.8, 4) is 0 Å². The maximum Gasteiger partial charge on any atom is 0.323 e. The summed E-state index contributed by atoms with van der Waals surface area (Å²) in [5.41, 5.74) is 4.38. The highest BCUT2D eigenvalue weighted by Gasteiger charge is 2.21. The Labute approximate surface area is 192 Å². The maximum absolute atomic E-state index is 12.7. The highest BCUT2D eigenvalue weighted by atomic mass is 16.2. The molecule has 0 atom stereocenters. The van der Waals surface area contributed by atoms with Gasteiger partial charge in [0, 0.05) is 42.3 Å². The monoisotopic (exact) mass is 443 g/mol. The van der Waals surface area contributed by atoms with Crippen molar-refractivity contribution in [3.05, 3.63) is 89.5 Å². The fourth-order valence-electron chi connectivity index (χ4n) is 3.59. The van der Waals surface area contributed by atoms with Gasteiger partial charge in [0.25, 0.3) is 5.91 Å². The number of rotatable bonds is 6. The van der Waals surface area contributed by atoms with Crippen LogP contribution in [-0.2, 0) is 6.54 Å². The van der Waals surface area contributed by atoms with Crippen LogP contribution in [0.5, 0.6) is 0 Å². The highest BCUT2D eigenvalue weighted by Crippen LogP contribution is 2.18. The van der Waals surface area contributed by atoms with E-state index in [1.165, 1.54) is 0 Å². The first-order chi connectivity index (χ1) is 16.0. The second-order valence-corrected chi connectivity index (χ2v) is 7.77. The summed E-state index contributed by atoms with van der Waals surface area (Å²) >= 11 is 0. The van der Waals surface area contributed by atoms with Crippen LogP contribution in [0.2, 0.25) is 0 Å². The number of hydrogen-bond acceptors (Lipinski definition) is 3. The quantitative estimate of drug-likeness (QED) is 0.461. The fraction of sp³-hybridized carbons (Fsp3) is 0.160. The number of nitrogens with zero attached hydrogens (tertiary/aromatic N) is 1. The summed E-state index contributed by atoms with van der Waals surface area (Å²) in [6.45, 7) is 3.41. The predicted molar refractivity (Wildman–Crippen MR) is 129 cm³/mol. The summed E-state index contributed by atoms with van der Waals surface area (Å²) in [6, 6.07) is 21.3. The lowest BCUT2D eigenvalue weighted by Gasteiger charge is -2.15. The molecule has 1 fully saturated rings. The Bertz CT molecular complexity index is 1190. The topological polar surface area (TPSA) is 103 Å². The zero-order valence-electron chi connectivity index (χ0n) is 18.2. The third-order valence-corrected chi connectivity index (χ3v) is 5.19. The van der Waals surface area contributed by atoms with Crippen LogP contribution in [0, 0.1) is 6.92 Å². The van der Waals surface area contributed by atoms with E-state index in [2.05, 4.69) is 21.3 Å². The van der Waals surface area contributed by atoms with E-state index >= 15 is 0 Å². The van der Waals surface area contributed by atoms with Crippen LogP contribution >= 0.6 is 0 Å². The fourth-order valence-corrected chi connectivity index (χ4v) is 3.59. The number of urea groups is 2. The van der Waals surface area contributed by atoms with Gasteiger partial charge in [-0.3, -0.25) is 9.69 Å². The molecule has 1 heterocycles. The number of hydrogen-bond donors (Lipinski definition) is 4. The van der Waals surface area contributed by atoms with E-state index in [-0.39, 0.29) is 18.0 Å². The summed E-state index contributed by atoms with van der Waals surface area (Å²) in [6.07, 6.45) is 0. The van der Waals surface area contributed by atoms with Gasteiger partial charge in [0.2, 0.25) is 0 Å². The van der Waals surface area contributed by atoms with E-state index in [4.69, 9.17) is 0 Å². The lowest BCUT2D eigenvalue weighted by molar-refractivity contribution is 0.0951. The molecule has 1 saturated heterocycles. The van der Waals surface area contributed by atoms with Gasteiger partial charge in [-0.1, -0.05) is 30.3 Å². The van der Waals surface area contributed by atoms with E-state index in [1.54, 1.807) is 41.3 Å². The smallest absolute Gasteiger partial charge is 0.323 e. The van der Waals surface area contributed by atoms with Crippen LogP contribution in [0.3, 0.4) is 0 Å². The molecule has 1 aliphatic rings. The summed E-state index contributed by atoms with van der Waals surface area (Å²) < 4.78 is 0. The van der Waals surface area contributed by atoms with Crippen molar-refractivity contribution in [2.75, 3.05) is 28.6 Å². The molecule has 3 aromatic rings. The minimum atomic E-state index is -0.343. The third-order valence-electron chi connectivity index (χ3n) is 5.19. The van der Waals surface area contributed by atoms with Crippen molar-refractivity contribution in [2.45, 2.75) is 13.5 Å². The largest absolute Gasteiger partial charge is 0.348 e. The maximum atomic E-state index is 12.7. The lowest BCUT2D eigenvalue weighted by Crippen LogP contribution is -2.28. The molecule has 0 spiro atoms. The average molecular weight is 444 g/mol. The minimum Gasteiger partial charge on any atom is -0.348 e. The number of carbonyl (C=O) groups excluding carboxylic acids is 3. The van der Waals surface area contributed by atoms with E-state index in [9.17, 15) is 14.4 Å². The Morgan fingerprint density at radius 3 is 2.39 bits per heavy atom. The molecule has 33 heavy (non-hydrogen) atoms. The Hall–Kier alpha value is -4.33. The van der Waals surface area contributed by atoms with Crippen LogP contribution in [0.1, 0.15) is 21.5 Å². The Morgan fingerprint density at radius 2 is 1.67 bits per heavy atom. The first-order valence-corrected chi connectivity index (χ1v) is 10.7. The molecular formula is C25H25N5O3. The number of nitrogens with one attached hydrogen (secondary N) is 4. The number of amides is 5. The highest BCUT2D eigenvalue weighted by molar-refractivity contribution is 6.00. The molecule has 1 aliphatic heterocycles. The number of anilines is 3. The standard InChI is InChI=1S/C25H25N5O3/c1-17-5-2-8-20(13-17)28-24(32)29-21-9-3-6-18(14-21)16-27-23(31)19-7-4-10-22(15-19)30-12-11-26-25(30)33/h2-10,13-15H,11-12,16H2,1H3,(H,26,33)(H,27,31)(H2,28,29,32). The molecule has 0 aromatic heterocycles. The third kappa shape index (κ3) is 5.68. The molecule has 8 nitrogen and oxygen atoms in total. The summed E-state index contributed by atoms with van der Waals surface area (Å²) in [5.74, 6) is -0.244. The molecule has 168 valence electrons. The van der Waals surface area contributed by atoms with Gasteiger partial charge in [-0.15, -0.1) is 0 Å². The second-order valence-electron chi connectivity index (χ2n) is 7.77. The minimum absolute atomic E-state index is 0.164. The predicted octanol–water partition coefficient (Wildman–Crippen LogP) is 4.10. The number of aryl methyl sites for hydroxylation is 1. The van der Waals surface area contributed by atoms with Crippen molar-refractivity contribution in [2.24, 2.45) is 0 Å². The molecule has 0 unspecified atom stereocenters. The van der Waals surface area contributed by atoms with Crippen molar-refractivity contribution in [3.63, 3.8) is 0 Å². The van der Waals surface area contributed by atoms with Crippen LogP contribution in [-0.4, -0.2) is 31.1 Å². The SMILES string of the molecule is Cc1cccc(NC(=O)Nc2cccc(CNC(=O)c3cccc(N4CCNC4=O)c3)c2)c1. The van der Waals surface area contributed by atoms with Crippen LogP contribution in [0.15, 0.2) is 72.8 Å². The average Bonchev–Trinajstić information content (AvgIpc) is 3.23. The van der Waals surface area contributed by atoms with Gasteiger partial charge in [0.05, 0.1) is 0 Å². The van der Waals surface area contributed by atoms with E-state index in [1.807, 2.05) is 43.3 Å². The second kappa shape index (κ2) is 9.86. The van der Waals surface area contributed by atoms with Crippen LogP contribution < -0.4 is 26.2 Å². The van der Waals surface area contributed by atoms with Gasteiger partial charge in [-0.05, 0) is 60.5 Å². The molecule has 0 bridgehead atoms. The molecule has 4 rings (SSSR count). The molecule has 0 radical (unpaired) electrons. The van der Waals surface area contributed by atoms with E-state index < -0.39 is 0 Å². The Kier molecular flexibility index (Phi) is 6.54. The lowest BCUT2D eigenvalue weighted by atomic mass is 10.1. The zero-order chi connectivity index (χ0) is 23.2. The van der Waals surface area contributed by atoms with Gasteiger partial charge < -0.3 is 21.3 Å². The Balaban J connectivity index is 1.34. The molecule has 5 amide bonds. The summed E-state index contributed by atoms with van der Waals surface area (Å²) in [5, 5.41) is 11.2. The zero-order valence-corrected chi connectivity index (χ0v) is 18.2. The van der Waals surface area contributed by atoms with E-state index in [0.717, 1.165) is 11.1 Å². The van der Waals surface area contributed by atoms with Crippen molar-refractivity contribution in [1.82, 2.24) is 10.6 Å². The van der Waals surface area contributed by atoms with Gasteiger partial charge in [-0.2, -0.15) is 0 Å².